The van der Waals surface area contributed by atoms with Crippen molar-refractivity contribution in [2.24, 2.45) is 5.92 Å². The Labute approximate surface area is 95.5 Å². The van der Waals surface area contributed by atoms with Crippen molar-refractivity contribution in [3.63, 3.8) is 0 Å². The van der Waals surface area contributed by atoms with Crippen LogP contribution in [0, 0.1) is 12.8 Å². The minimum Gasteiger partial charge on any atom is -0.383 e. The number of hydrogen-bond donors (Lipinski definition) is 2. The molecule has 1 heterocycles. The molecule has 1 aliphatic carbocycles. The predicted octanol–water partition coefficient (Wildman–Crippen LogP) is 1.74. The summed E-state index contributed by atoms with van der Waals surface area (Å²) in [6.07, 6.45) is 3.31. The van der Waals surface area contributed by atoms with Crippen LogP contribution in [-0.4, -0.2) is 15.9 Å². The zero-order valence-corrected chi connectivity index (χ0v) is 9.95. The van der Waals surface area contributed by atoms with E-state index in [0.29, 0.717) is 11.6 Å². The fraction of sp³-hybridized carbons (Fsp3) is 0.545. The van der Waals surface area contributed by atoms with E-state index in [9.17, 15) is 4.79 Å². The fourth-order valence-electron chi connectivity index (χ4n) is 1.15. The van der Waals surface area contributed by atoms with Gasteiger partial charge in [-0.15, -0.1) is 0 Å². The lowest BCUT2D eigenvalue weighted by Gasteiger charge is -2.06. The number of amides is 1. The molecule has 1 saturated carbocycles. The molecule has 16 heavy (non-hydrogen) atoms. The van der Waals surface area contributed by atoms with E-state index in [0.717, 1.165) is 18.4 Å². The third-order valence-corrected chi connectivity index (χ3v) is 2.31. The number of nitrogens with zero attached hydrogens (tertiary/aromatic N) is 2. The second-order valence-corrected chi connectivity index (χ2v) is 3.50. The van der Waals surface area contributed by atoms with Crippen LogP contribution in [0.1, 0.15) is 32.3 Å². The zero-order valence-electron chi connectivity index (χ0n) is 9.95. The first-order valence-corrected chi connectivity index (χ1v) is 5.56. The molecule has 0 radical (unpaired) electrons. The average Bonchev–Trinajstić information content (AvgIpc) is 3.11. The molecule has 1 aliphatic rings. The van der Waals surface area contributed by atoms with E-state index >= 15 is 0 Å². The lowest BCUT2D eigenvalue weighted by molar-refractivity contribution is -0.117. The van der Waals surface area contributed by atoms with Gasteiger partial charge in [-0.1, -0.05) is 13.8 Å². The van der Waals surface area contributed by atoms with Crippen LogP contribution in [0.2, 0.25) is 0 Å². The van der Waals surface area contributed by atoms with Crippen molar-refractivity contribution in [2.75, 3.05) is 11.1 Å². The maximum absolute atomic E-state index is 11.4. The van der Waals surface area contributed by atoms with Gasteiger partial charge in [-0.05, 0) is 19.8 Å². The van der Waals surface area contributed by atoms with Crippen LogP contribution in [0.3, 0.4) is 0 Å². The summed E-state index contributed by atoms with van der Waals surface area (Å²) in [6.45, 7) is 5.79. The Hall–Kier alpha value is -1.65. The quantitative estimate of drug-likeness (QED) is 0.798. The first-order chi connectivity index (χ1) is 7.68. The molecule has 1 aromatic heterocycles. The molecule has 5 nitrogen and oxygen atoms in total. The van der Waals surface area contributed by atoms with Crippen LogP contribution in [0.5, 0.6) is 0 Å². The molecular weight excluding hydrogens is 204 g/mol. The highest BCUT2D eigenvalue weighted by Gasteiger charge is 2.30. The number of carbonyl (C=O) groups excluding carboxylic acids is 1. The first-order valence-electron chi connectivity index (χ1n) is 5.56. The summed E-state index contributed by atoms with van der Waals surface area (Å²) in [5.41, 5.74) is 6.31. The van der Waals surface area contributed by atoms with Crippen LogP contribution in [-0.2, 0) is 4.79 Å². The highest BCUT2D eigenvalue weighted by Crippen LogP contribution is 2.30. The minimum absolute atomic E-state index is 0.0335. The maximum atomic E-state index is 11.4. The SMILES string of the molecule is CC.Cc1c(N)ncnc1NC(=O)C1CC1. The molecule has 0 aromatic carbocycles. The topological polar surface area (TPSA) is 80.9 Å². The number of aromatic nitrogens is 2. The molecule has 1 aromatic rings. The molecule has 0 spiro atoms. The summed E-state index contributed by atoms with van der Waals surface area (Å²) >= 11 is 0. The van der Waals surface area contributed by atoms with Crippen molar-refractivity contribution in [1.82, 2.24) is 9.97 Å². The van der Waals surface area contributed by atoms with Crippen LogP contribution in [0.25, 0.3) is 0 Å². The number of anilines is 2. The van der Waals surface area contributed by atoms with E-state index in [-0.39, 0.29) is 11.8 Å². The normalized spacial score (nSPS) is 13.7. The van der Waals surface area contributed by atoms with E-state index in [1.165, 1.54) is 6.33 Å². The number of nitrogens with two attached hydrogens (primary N) is 1. The molecule has 0 aliphatic heterocycles. The Balaban J connectivity index is 0.000000606. The van der Waals surface area contributed by atoms with Crippen molar-refractivity contribution in [3.8, 4) is 0 Å². The lowest BCUT2D eigenvalue weighted by atomic mass is 10.3. The number of hydrogen-bond acceptors (Lipinski definition) is 4. The van der Waals surface area contributed by atoms with Crippen molar-refractivity contribution in [2.45, 2.75) is 33.6 Å². The first kappa shape index (κ1) is 12.4. The molecule has 2 rings (SSSR count). The van der Waals surface area contributed by atoms with Crippen molar-refractivity contribution < 1.29 is 4.79 Å². The zero-order chi connectivity index (χ0) is 12.1. The van der Waals surface area contributed by atoms with Gasteiger partial charge in [-0.25, -0.2) is 9.97 Å². The molecule has 0 unspecified atom stereocenters. The molecular formula is C11H18N4O. The molecule has 3 N–H and O–H groups in total. The second kappa shape index (κ2) is 5.44. The number of carbonyl (C=O) groups is 1. The Morgan fingerprint density at radius 2 is 2.06 bits per heavy atom. The summed E-state index contributed by atoms with van der Waals surface area (Å²) in [5, 5.41) is 2.74. The molecule has 1 fully saturated rings. The van der Waals surface area contributed by atoms with Crippen LogP contribution in [0.4, 0.5) is 11.6 Å². The number of nitrogen functional groups attached to an aromatic ring is 1. The van der Waals surface area contributed by atoms with Gasteiger partial charge in [0.15, 0.2) is 0 Å². The van der Waals surface area contributed by atoms with Gasteiger partial charge < -0.3 is 11.1 Å². The summed E-state index contributed by atoms with van der Waals surface area (Å²) in [5.74, 6) is 1.14. The van der Waals surface area contributed by atoms with Gasteiger partial charge in [0, 0.05) is 11.5 Å². The van der Waals surface area contributed by atoms with Gasteiger partial charge in [0.05, 0.1) is 0 Å². The summed E-state index contributed by atoms with van der Waals surface area (Å²) < 4.78 is 0. The van der Waals surface area contributed by atoms with Crippen molar-refractivity contribution in [3.05, 3.63) is 11.9 Å². The van der Waals surface area contributed by atoms with E-state index in [2.05, 4.69) is 15.3 Å². The summed E-state index contributed by atoms with van der Waals surface area (Å²) in [6, 6.07) is 0. The van der Waals surface area contributed by atoms with E-state index in [1.54, 1.807) is 6.92 Å². The maximum Gasteiger partial charge on any atom is 0.228 e. The van der Waals surface area contributed by atoms with E-state index in [1.807, 2.05) is 13.8 Å². The van der Waals surface area contributed by atoms with Crippen molar-refractivity contribution >= 4 is 17.5 Å². The monoisotopic (exact) mass is 222 g/mol. The number of nitrogens with one attached hydrogen (secondary N) is 1. The van der Waals surface area contributed by atoms with Gasteiger partial charge in [0.1, 0.15) is 18.0 Å². The largest absolute Gasteiger partial charge is 0.383 e. The average molecular weight is 222 g/mol. The van der Waals surface area contributed by atoms with Crippen LogP contribution < -0.4 is 11.1 Å². The second-order valence-electron chi connectivity index (χ2n) is 3.50. The summed E-state index contributed by atoms with van der Waals surface area (Å²) in [7, 11) is 0. The molecule has 0 bridgehead atoms. The summed E-state index contributed by atoms with van der Waals surface area (Å²) in [4.78, 5) is 19.2. The predicted molar refractivity (Wildman–Crippen MR) is 63.9 cm³/mol. The van der Waals surface area contributed by atoms with Gasteiger partial charge in [-0.3, -0.25) is 4.79 Å². The highest BCUT2D eigenvalue weighted by molar-refractivity contribution is 5.94. The van der Waals surface area contributed by atoms with Crippen molar-refractivity contribution in [1.29, 1.82) is 0 Å². The third-order valence-electron chi connectivity index (χ3n) is 2.31. The van der Waals surface area contributed by atoms with Gasteiger partial charge in [-0.2, -0.15) is 0 Å². The molecule has 0 atom stereocenters. The lowest BCUT2D eigenvalue weighted by Crippen LogP contribution is -2.16. The molecule has 5 heteroatoms. The van der Waals surface area contributed by atoms with E-state index in [4.69, 9.17) is 5.73 Å². The van der Waals surface area contributed by atoms with Gasteiger partial charge in [0.25, 0.3) is 0 Å². The molecule has 0 saturated heterocycles. The molecule has 88 valence electrons. The smallest absolute Gasteiger partial charge is 0.228 e. The molecule has 1 amide bonds. The van der Waals surface area contributed by atoms with Gasteiger partial charge in [0.2, 0.25) is 5.91 Å². The Morgan fingerprint density at radius 3 is 2.62 bits per heavy atom. The minimum atomic E-state index is 0.0335. The number of rotatable bonds is 2. The highest BCUT2D eigenvalue weighted by atomic mass is 16.2. The van der Waals surface area contributed by atoms with Crippen LogP contribution in [0.15, 0.2) is 6.33 Å². The Morgan fingerprint density at radius 1 is 1.44 bits per heavy atom. The van der Waals surface area contributed by atoms with Gasteiger partial charge >= 0.3 is 0 Å². The Kier molecular flexibility index (Phi) is 4.22. The van der Waals surface area contributed by atoms with E-state index < -0.39 is 0 Å². The Bertz CT molecular complexity index is 374. The fourth-order valence-corrected chi connectivity index (χ4v) is 1.15. The third kappa shape index (κ3) is 2.92. The van der Waals surface area contributed by atoms with Crippen LogP contribution >= 0.6 is 0 Å². The standard InChI is InChI=1S/C9H12N4O.C2H6/c1-5-7(10)11-4-12-8(5)13-9(14)6-2-3-6;1-2/h4,6H,2-3H2,1H3,(H3,10,11,12,13,14);1-2H3.